The highest BCUT2D eigenvalue weighted by molar-refractivity contribution is 5.23. The molecule has 0 bridgehead atoms. The first-order valence-corrected chi connectivity index (χ1v) is 4.38. The number of hydrogen-bond acceptors (Lipinski definition) is 0. The summed E-state index contributed by atoms with van der Waals surface area (Å²) in [5.74, 6) is 0.760. The van der Waals surface area contributed by atoms with Crippen molar-refractivity contribution in [3.05, 3.63) is 23.5 Å². The number of aromatic nitrogens is 1. The molecule has 62 valence electrons. The average Bonchev–Trinajstić information content (AvgIpc) is 2.34. The van der Waals surface area contributed by atoms with Crippen LogP contribution in [-0.2, 0) is 12.8 Å². The van der Waals surface area contributed by atoms with E-state index in [-0.39, 0.29) is 0 Å². The monoisotopic (exact) mass is 151 g/mol. The average molecular weight is 151 g/mol. The zero-order valence-electron chi connectivity index (χ0n) is 7.65. The molecule has 1 nitrogen and oxygen atoms in total. The highest BCUT2D eigenvalue weighted by Crippen LogP contribution is 2.13. The van der Waals surface area contributed by atoms with Crippen LogP contribution in [0.4, 0.5) is 0 Å². The molecule has 1 aromatic heterocycles. The van der Waals surface area contributed by atoms with Crippen molar-refractivity contribution in [3.63, 3.8) is 0 Å². The Morgan fingerprint density at radius 2 is 1.91 bits per heavy atom. The molecule has 0 spiro atoms. The van der Waals surface area contributed by atoms with Gasteiger partial charge >= 0.3 is 0 Å². The predicted octanol–water partition coefficient (Wildman–Crippen LogP) is 2.78. The van der Waals surface area contributed by atoms with Crippen molar-refractivity contribution >= 4 is 0 Å². The van der Waals surface area contributed by atoms with Gasteiger partial charge in [0.2, 0.25) is 0 Å². The molecule has 0 saturated carbocycles. The lowest BCUT2D eigenvalue weighted by Crippen LogP contribution is -1.95. The summed E-state index contributed by atoms with van der Waals surface area (Å²) in [5, 5.41) is 0. The highest BCUT2D eigenvalue weighted by Gasteiger charge is 2.02. The van der Waals surface area contributed by atoms with Crippen molar-refractivity contribution in [2.24, 2.45) is 5.92 Å². The van der Waals surface area contributed by atoms with E-state index in [1.54, 1.807) is 0 Å². The molecule has 0 aliphatic heterocycles. The fourth-order valence-corrected chi connectivity index (χ4v) is 1.39. The lowest BCUT2D eigenvalue weighted by Gasteiger charge is -2.03. The summed E-state index contributed by atoms with van der Waals surface area (Å²) < 4.78 is 0. The topological polar surface area (TPSA) is 15.8 Å². The number of aromatic amines is 1. The number of hydrogen-bond donors (Lipinski definition) is 1. The van der Waals surface area contributed by atoms with Gasteiger partial charge in [-0.3, -0.25) is 0 Å². The number of rotatable bonds is 3. The minimum Gasteiger partial charge on any atom is -0.367 e. The summed E-state index contributed by atoms with van der Waals surface area (Å²) in [7, 11) is 0. The van der Waals surface area contributed by atoms with Crippen LogP contribution in [0, 0.1) is 5.92 Å². The molecule has 1 rings (SSSR count). The molecule has 11 heavy (non-hydrogen) atoms. The summed E-state index contributed by atoms with van der Waals surface area (Å²) in [5.41, 5.74) is 2.96. The van der Waals surface area contributed by atoms with Gasteiger partial charge in [-0.25, -0.2) is 0 Å². The van der Waals surface area contributed by atoms with Crippen LogP contribution in [0.25, 0.3) is 0 Å². The Labute approximate surface area is 68.8 Å². The molecule has 1 N–H and O–H groups in total. The van der Waals surface area contributed by atoms with Gasteiger partial charge in [0, 0.05) is 12.4 Å². The van der Waals surface area contributed by atoms with Gasteiger partial charge in [0.15, 0.2) is 0 Å². The Hall–Kier alpha value is -0.720. The smallest absolute Gasteiger partial charge is 0.00402 e. The number of aryl methyl sites for hydroxylation is 1. The quantitative estimate of drug-likeness (QED) is 0.683. The van der Waals surface area contributed by atoms with E-state index in [4.69, 9.17) is 0 Å². The molecule has 0 aromatic carbocycles. The second-order valence-electron chi connectivity index (χ2n) is 3.46. The molecule has 0 atom stereocenters. The van der Waals surface area contributed by atoms with Crippen LogP contribution in [-0.4, -0.2) is 4.98 Å². The molecule has 0 radical (unpaired) electrons. The normalized spacial score (nSPS) is 10.9. The molecule has 1 heteroatoms. The molecule has 0 amide bonds. The van der Waals surface area contributed by atoms with Crippen LogP contribution >= 0.6 is 0 Å². The van der Waals surface area contributed by atoms with Crippen LogP contribution in [0.15, 0.2) is 12.4 Å². The van der Waals surface area contributed by atoms with Gasteiger partial charge in [0.1, 0.15) is 0 Å². The van der Waals surface area contributed by atoms with E-state index < -0.39 is 0 Å². The van der Waals surface area contributed by atoms with Crippen molar-refractivity contribution in [3.8, 4) is 0 Å². The Morgan fingerprint density at radius 3 is 2.45 bits per heavy atom. The fourth-order valence-electron chi connectivity index (χ4n) is 1.39. The summed E-state index contributed by atoms with van der Waals surface area (Å²) in [4.78, 5) is 3.15. The predicted molar refractivity (Wildman–Crippen MR) is 48.7 cm³/mol. The third kappa shape index (κ3) is 2.11. The van der Waals surface area contributed by atoms with E-state index in [0.717, 1.165) is 12.3 Å². The van der Waals surface area contributed by atoms with Crippen LogP contribution in [0.3, 0.4) is 0 Å². The molecule has 0 aliphatic rings. The standard InChI is InChI=1S/C10H17N/c1-4-9-6-11-7-10(9)5-8(2)3/h6-8,11H,4-5H2,1-3H3. The Bertz CT molecular complexity index is 210. The second-order valence-corrected chi connectivity index (χ2v) is 3.46. The molecular weight excluding hydrogens is 134 g/mol. The Morgan fingerprint density at radius 1 is 1.27 bits per heavy atom. The van der Waals surface area contributed by atoms with Crippen molar-refractivity contribution in [1.82, 2.24) is 4.98 Å². The second kappa shape index (κ2) is 3.61. The zero-order valence-corrected chi connectivity index (χ0v) is 7.65. The van der Waals surface area contributed by atoms with E-state index in [1.807, 2.05) is 0 Å². The van der Waals surface area contributed by atoms with Crippen LogP contribution < -0.4 is 0 Å². The van der Waals surface area contributed by atoms with Crippen molar-refractivity contribution < 1.29 is 0 Å². The van der Waals surface area contributed by atoms with E-state index in [1.165, 1.54) is 17.5 Å². The number of nitrogens with one attached hydrogen (secondary N) is 1. The zero-order chi connectivity index (χ0) is 8.27. The number of H-pyrrole nitrogens is 1. The lowest BCUT2D eigenvalue weighted by molar-refractivity contribution is 0.644. The van der Waals surface area contributed by atoms with Crippen molar-refractivity contribution in [2.75, 3.05) is 0 Å². The SMILES string of the molecule is CCc1c[nH]cc1CC(C)C. The lowest BCUT2D eigenvalue weighted by atomic mass is 10.0. The Kier molecular flexibility index (Phi) is 2.75. The van der Waals surface area contributed by atoms with Crippen LogP contribution in [0.2, 0.25) is 0 Å². The van der Waals surface area contributed by atoms with Crippen molar-refractivity contribution in [2.45, 2.75) is 33.6 Å². The molecular formula is C10H17N. The maximum atomic E-state index is 3.15. The van der Waals surface area contributed by atoms with Gasteiger partial charge in [0.05, 0.1) is 0 Å². The van der Waals surface area contributed by atoms with E-state index in [9.17, 15) is 0 Å². The maximum absolute atomic E-state index is 3.15. The molecule has 1 heterocycles. The van der Waals surface area contributed by atoms with E-state index in [0.29, 0.717) is 0 Å². The van der Waals surface area contributed by atoms with Crippen molar-refractivity contribution in [1.29, 1.82) is 0 Å². The maximum Gasteiger partial charge on any atom is 0.00402 e. The molecule has 0 unspecified atom stereocenters. The molecule has 1 aromatic rings. The van der Waals surface area contributed by atoms with Gasteiger partial charge in [-0.05, 0) is 29.9 Å². The van der Waals surface area contributed by atoms with E-state index >= 15 is 0 Å². The minimum absolute atomic E-state index is 0.760. The van der Waals surface area contributed by atoms with Gasteiger partial charge in [0.25, 0.3) is 0 Å². The third-order valence-electron chi connectivity index (χ3n) is 1.94. The van der Waals surface area contributed by atoms with Crippen LogP contribution in [0.5, 0.6) is 0 Å². The first-order valence-electron chi connectivity index (χ1n) is 4.38. The van der Waals surface area contributed by atoms with Gasteiger partial charge in [-0.2, -0.15) is 0 Å². The first-order chi connectivity index (χ1) is 5.24. The van der Waals surface area contributed by atoms with Crippen LogP contribution in [0.1, 0.15) is 31.9 Å². The van der Waals surface area contributed by atoms with Gasteiger partial charge in [-0.1, -0.05) is 20.8 Å². The van der Waals surface area contributed by atoms with E-state index in [2.05, 4.69) is 38.1 Å². The summed E-state index contributed by atoms with van der Waals surface area (Å²) in [6, 6.07) is 0. The van der Waals surface area contributed by atoms with Gasteiger partial charge < -0.3 is 4.98 Å². The molecule has 0 saturated heterocycles. The summed E-state index contributed by atoms with van der Waals surface area (Å²) >= 11 is 0. The third-order valence-corrected chi connectivity index (χ3v) is 1.94. The highest BCUT2D eigenvalue weighted by atomic mass is 14.6. The molecule has 0 aliphatic carbocycles. The minimum atomic E-state index is 0.760. The van der Waals surface area contributed by atoms with Gasteiger partial charge in [-0.15, -0.1) is 0 Å². The first kappa shape index (κ1) is 8.38. The molecule has 0 fully saturated rings. The summed E-state index contributed by atoms with van der Waals surface area (Å²) in [6.45, 7) is 6.71. The largest absolute Gasteiger partial charge is 0.367 e. The Balaban J connectivity index is 2.68. The fraction of sp³-hybridized carbons (Fsp3) is 0.600. The summed E-state index contributed by atoms with van der Waals surface area (Å²) in [6.07, 6.45) is 6.58.